The van der Waals surface area contributed by atoms with Crippen molar-refractivity contribution in [3.05, 3.63) is 35.4 Å². The van der Waals surface area contributed by atoms with Crippen molar-refractivity contribution in [1.82, 2.24) is 0 Å². The second-order valence-corrected chi connectivity index (χ2v) is 4.65. The molecule has 1 atom stereocenters. The van der Waals surface area contributed by atoms with Crippen molar-refractivity contribution >= 4 is 0 Å². The van der Waals surface area contributed by atoms with Crippen LogP contribution in [-0.2, 0) is 6.18 Å². The molecule has 2 N–H and O–H groups in total. The third kappa shape index (κ3) is 3.73. The smallest absolute Gasteiger partial charge is 0.330 e. The normalized spacial score (nSPS) is 14.1. The van der Waals surface area contributed by atoms with Crippen molar-refractivity contribution in [2.45, 2.75) is 32.4 Å². The summed E-state index contributed by atoms with van der Waals surface area (Å²) in [5.74, 6) is 0.0951. The molecule has 1 aromatic rings. The van der Waals surface area contributed by atoms with Crippen LogP contribution in [0.3, 0.4) is 0 Å². The Morgan fingerprint density at radius 2 is 1.76 bits per heavy atom. The Labute approximate surface area is 99.8 Å². The Morgan fingerprint density at radius 3 is 2.24 bits per heavy atom. The summed E-state index contributed by atoms with van der Waals surface area (Å²) in [7, 11) is 0. The highest BCUT2D eigenvalue weighted by atomic mass is 19.4. The number of benzene rings is 1. The van der Waals surface area contributed by atoms with Crippen molar-refractivity contribution in [2.75, 3.05) is 6.54 Å². The van der Waals surface area contributed by atoms with E-state index >= 15 is 0 Å². The fourth-order valence-corrected chi connectivity index (χ4v) is 2.03. The predicted octanol–water partition coefficient (Wildman–Crippen LogP) is 3.79. The van der Waals surface area contributed by atoms with Gasteiger partial charge in [-0.2, -0.15) is 13.2 Å². The van der Waals surface area contributed by atoms with E-state index in [2.05, 4.69) is 0 Å². The van der Waals surface area contributed by atoms with Gasteiger partial charge in [-0.25, -0.2) is 0 Å². The number of rotatable bonds is 4. The van der Waals surface area contributed by atoms with Crippen LogP contribution in [0.25, 0.3) is 0 Å². The molecule has 0 saturated heterocycles. The lowest BCUT2D eigenvalue weighted by Gasteiger charge is -2.21. The van der Waals surface area contributed by atoms with Gasteiger partial charge in [0.25, 0.3) is 0 Å². The maximum Gasteiger partial charge on any atom is 0.416 e. The van der Waals surface area contributed by atoms with Crippen molar-refractivity contribution in [2.24, 2.45) is 11.7 Å². The zero-order valence-electron chi connectivity index (χ0n) is 10.1. The van der Waals surface area contributed by atoms with E-state index in [4.69, 9.17) is 5.73 Å². The first-order chi connectivity index (χ1) is 7.86. The van der Waals surface area contributed by atoms with Crippen molar-refractivity contribution in [3.63, 3.8) is 0 Å². The fraction of sp³-hybridized carbons (Fsp3) is 0.538. The first kappa shape index (κ1) is 14.0. The summed E-state index contributed by atoms with van der Waals surface area (Å²) in [6.45, 7) is 4.21. The molecule has 0 bridgehead atoms. The summed E-state index contributed by atoms with van der Waals surface area (Å²) in [5, 5.41) is 0. The standard InChI is InChI=1S/C13H18F3N/c1-9(2)7-10(8-17)11-5-3-4-6-12(11)13(14,15)16/h3-6,9-10H,7-8,17H2,1-2H3. The second kappa shape index (κ2) is 5.54. The Morgan fingerprint density at radius 1 is 1.18 bits per heavy atom. The average Bonchev–Trinajstić information content (AvgIpc) is 2.24. The molecular weight excluding hydrogens is 227 g/mol. The lowest BCUT2D eigenvalue weighted by molar-refractivity contribution is -0.138. The van der Waals surface area contributed by atoms with E-state index < -0.39 is 11.7 Å². The van der Waals surface area contributed by atoms with Crippen LogP contribution in [0.5, 0.6) is 0 Å². The largest absolute Gasteiger partial charge is 0.416 e. The molecular formula is C13H18F3N. The number of alkyl halides is 3. The van der Waals surface area contributed by atoms with Gasteiger partial charge in [0.2, 0.25) is 0 Å². The van der Waals surface area contributed by atoms with Crippen LogP contribution in [0.1, 0.15) is 37.3 Å². The van der Waals surface area contributed by atoms with Crippen molar-refractivity contribution in [1.29, 1.82) is 0 Å². The van der Waals surface area contributed by atoms with Gasteiger partial charge < -0.3 is 5.73 Å². The SMILES string of the molecule is CC(C)CC(CN)c1ccccc1C(F)(F)F. The Bertz CT molecular complexity index is 358. The molecule has 0 radical (unpaired) electrons. The molecule has 0 fully saturated rings. The molecule has 0 aromatic heterocycles. The number of nitrogens with two attached hydrogens (primary N) is 1. The maximum atomic E-state index is 12.8. The van der Waals surface area contributed by atoms with Crippen LogP contribution in [0.15, 0.2) is 24.3 Å². The number of halogens is 3. The molecule has 0 aliphatic rings. The van der Waals surface area contributed by atoms with Crippen LogP contribution >= 0.6 is 0 Å². The van der Waals surface area contributed by atoms with Crippen molar-refractivity contribution < 1.29 is 13.2 Å². The Kier molecular flexibility index (Phi) is 4.57. The van der Waals surface area contributed by atoms with E-state index in [0.717, 1.165) is 6.07 Å². The minimum absolute atomic E-state index is 0.229. The van der Waals surface area contributed by atoms with E-state index in [1.165, 1.54) is 12.1 Å². The summed E-state index contributed by atoms with van der Waals surface area (Å²) >= 11 is 0. The Hall–Kier alpha value is -1.03. The van der Waals surface area contributed by atoms with Crippen LogP contribution < -0.4 is 5.73 Å². The fourth-order valence-electron chi connectivity index (χ4n) is 2.03. The first-order valence-corrected chi connectivity index (χ1v) is 5.72. The van der Waals surface area contributed by atoms with Crippen LogP contribution in [0, 0.1) is 5.92 Å². The molecule has 0 heterocycles. The molecule has 0 amide bonds. The number of hydrogen-bond donors (Lipinski definition) is 1. The lowest BCUT2D eigenvalue weighted by Crippen LogP contribution is -2.19. The quantitative estimate of drug-likeness (QED) is 0.858. The van der Waals surface area contributed by atoms with Gasteiger partial charge in [0.15, 0.2) is 0 Å². The van der Waals surface area contributed by atoms with Gasteiger partial charge in [-0.1, -0.05) is 32.0 Å². The van der Waals surface area contributed by atoms with E-state index in [-0.39, 0.29) is 12.5 Å². The summed E-state index contributed by atoms with van der Waals surface area (Å²) in [6.07, 6.45) is -3.63. The van der Waals surface area contributed by atoms with Gasteiger partial charge in [-0.15, -0.1) is 0 Å². The first-order valence-electron chi connectivity index (χ1n) is 5.72. The van der Waals surface area contributed by atoms with E-state index in [0.29, 0.717) is 17.9 Å². The number of hydrogen-bond acceptors (Lipinski definition) is 1. The highest BCUT2D eigenvalue weighted by Gasteiger charge is 2.34. The summed E-state index contributed by atoms with van der Waals surface area (Å²) < 4.78 is 38.5. The van der Waals surface area contributed by atoms with Crippen molar-refractivity contribution in [3.8, 4) is 0 Å². The molecule has 0 aliphatic heterocycles. The van der Waals surface area contributed by atoms with E-state index in [1.54, 1.807) is 6.07 Å². The second-order valence-electron chi connectivity index (χ2n) is 4.65. The predicted molar refractivity (Wildman–Crippen MR) is 62.7 cm³/mol. The van der Waals surface area contributed by atoms with E-state index in [1.807, 2.05) is 13.8 Å². The Balaban J connectivity index is 3.11. The maximum absolute atomic E-state index is 12.8. The average molecular weight is 245 g/mol. The molecule has 1 aromatic carbocycles. The highest BCUT2D eigenvalue weighted by Crippen LogP contribution is 2.36. The van der Waals surface area contributed by atoms with Crippen LogP contribution in [0.2, 0.25) is 0 Å². The zero-order chi connectivity index (χ0) is 13.1. The van der Waals surface area contributed by atoms with Gasteiger partial charge in [-0.05, 0) is 36.4 Å². The molecule has 0 aliphatic carbocycles. The highest BCUT2D eigenvalue weighted by molar-refractivity contribution is 5.33. The minimum Gasteiger partial charge on any atom is -0.330 e. The molecule has 1 nitrogen and oxygen atoms in total. The van der Waals surface area contributed by atoms with Crippen LogP contribution in [-0.4, -0.2) is 6.54 Å². The third-order valence-electron chi connectivity index (χ3n) is 2.75. The van der Waals surface area contributed by atoms with Gasteiger partial charge in [0, 0.05) is 0 Å². The summed E-state index contributed by atoms with van der Waals surface area (Å²) in [6, 6.07) is 5.70. The zero-order valence-corrected chi connectivity index (χ0v) is 10.1. The molecule has 1 rings (SSSR count). The van der Waals surface area contributed by atoms with Gasteiger partial charge >= 0.3 is 6.18 Å². The lowest BCUT2D eigenvalue weighted by atomic mass is 9.87. The van der Waals surface area contributed by atoms with Gasteiger partial charge in [-0.3, -0.25) is 0 Å². The molecule has 0 saturated carbocycles. The van der Waals surface area contributed by atoms with Gasteiger partial charge in [0.1, 0.15) is 0 Å². The molecule has 17 heavy (non-hydrogen) atoms. The molecule has 96 valence electrons. The topological polar surface area (TPSA) is 26.0 Å². The van der Waals surface area contributed by atoms with Gasteiger partial charge in [0.05, 0.1) is 5.56 Å². The molecule has 1 unspecified atom stereocenters. The van der Waals surface area contributed by atoms with E-state index in [9.17, 15) is 13.2 Å². The minimum atomic E-state index is -4.30. The monoisotopic (exact) mass is 245 g/mol. The summed E-state index contributed by atoms with van der Waals surface area (Å²) in [5.41, 5.74) is 5.35. The third-order valence-corrected chi connectivity index (χ3v) is 2.75. The summed E-state index contributed by atoms with van der Waals surface area (Å²) in [4.78, 5) is 0. The molecule has 0 spiro atoms. The molecule has 4 heteroatoms. The van der Waals surface area contributed by atoms with Crippen LogP contribution in [0.4, 0.5) is 13.2 Å².